The van der Waals surface area contributed by atoms with E-state index < -0.39 is 0 Å². The van der Waals surface area contributed by atoms with Gasteiger partial charge in [0.25, 0.3) is 0 Å². The smallest absolute Gasteiger partial charge is 0.333 e. The molecule has 1 saturated carbocycles. The lowest BCUT2D eigenvalue weighted by molar-refractivity contribution is -0.385. The quantitative estimate of drug-likeness (QED) is 0.630. The minimum Gasteiger partial charge on any atom is -0.487 e. The molecule has 1 aromatic rings. The molecule has 1 unspecified atom stereocenters. The number of anilines is 1. The summed E-state index contributed by atoms with van der Waals surface area (Å²) in [6.45, 7) is 4.32. The Bertz CT molecular complexity index is 458. The van der Waals surface area contributed by atoms with Gasteiger partial charge in [-0.1, -0.05) is 12.5 Å². The van der Waals surface area contributed by atoms with Crippen LogP contribution in [-0.4, -0.2) is 17.6 Å². The fourth-order valence-corrected chi connectivity index (χ4v) is 2.40. The molecule has 104 valence electrons. The Morgan fingerprint density at radius 2 is 2.26 bits per heavy atom. The van der Waals surface area contributed by atoms with Crippen molar-refractivity contribution in [1.29, 1.82) is 0 Å². The topological polar surface area (TPSA) is 64.4 Å². The lowest BCUT2D eigenvalue weighted by Gasteiger charge is -2.32. The molecule has 1 N–H and O–H groups in total. The maximum absolute atomic E-state index is 11.2. The number of ether oxygens (including phenoxy) is 1. The number of rotatable bonds is 6. The van der Waals surface area contributed by atoms with Gasteiger partial charge in [-0.3, -0.25) is 10.1 Å². The van der Waals surface area contributed by atoms with Gasteiger partial charge in [0.1, 0.15) is 5.69 Å². The summed E-state index contributed by atoms with van der Waals surface area (Å²) in [6.07, 6.45) is 3.66. The van der Waals surface area contributed by atoms with E-state index in [9.17, 15) is 10.1 Å². The first-order valence-electron chi connectivity index (χ1n) is 6.80. The van der Waals surface area contributed by atoms with Crippen molar-refractivity contribution in [2.24, 2.45) is 5.92 Å². The van der Waals surface area contributed by atoms with Crippen molar-refractivity contribution in [3.63, 3.8) is 0 Å². The van der Waals surface area contributed by atoms with Gasteiger partial charge in [-0.25, -0.2) is 0 Å². The Morgan fingerprint density at radius 3 is 2.79 bits per heavy atom. The molecule has 0 spiro atoms. The number of benzene rings is 1. The first-order valence-corrected chi connectivity index (χ1v) is 6.80. The minimum atomic E-state index is -0.374. The average Bonchev–Trinajstić information content (AvgIpc) is 2.26. The molecule has 0 bridgehead atoms. The molecule has 1 aromatic carbocycles. The molecule has 0 saturated heterocycles. The molecule has 2 rings (SSSR count). The second-order valence-corrected chi connectivity index (χ2v) is 4.97. The standard InChI is InChI=1S/C14H20N2O3/c1-3-19-13-9-5-8-12(14(13)16(17)18)15-10(2)11-6-4-7-11/h5,8-11,15H,3-4,6-7H2,1-2H3. The third kappa shape index (κ3) is 2.97. The van der Waals surface area contributed by atoms with Crippen molar-refractivity contribution in [2.45, 2.75) is 39.2 Å². The molecule has 0 aromatic heterocycles. The highest BCUT2D eigenvalue weighted by atomic mass is 16.6. The fraction of sp³-hybridized carbons (Fsp3) is 0.571. The normalized spacial score (nSPS) is 16.5. The van der Waals surface area contributed by atoms with Crippen molar-refractivity contribution >= 4 is 11.4 Å². The Labute approximate surface area is 113 Å². The van der Waals surface area contributed by atoms with Crippen LogP contribution in [0.2, 0.25) is 0 Å². The molecule has 1 fully saturated rings. The van der Waals surface area contributed by atoms with Gasteiger partial charge in [-0.05, 0) is 44.7 Å². The van der Waals surface area contributed by atoms with Gasteiger partial charge in [-0.2, -0.15) is 0 Å². The molecular formula is C14H20N2O3. The van der Waals surface area contributed by atoms with E-state index >= 15 is 0 Å². The van der Waals surface area contributed by atoms with Crippen LogP contribution < -0.4 is 10.1 Å². The second kappa shape index (κ2) is 5.91. The van der Waals surface area contributed by atoms with Crippen LogP contribution in [-0.2, 0) is 0 Å². The summed E-state index contributed by atoms with van der Waals surface area (Å²) in [5.41, 5.74) is 0.589. The Morgan fingerprint density at radius 1 is 1.53 bits per heavy atom. The van der Waals surface area contributed by atoms with E-state index in [4.69, 9.17) is 4.74 Å². The highest BCUT2D eigenvalue weighted by molar-refractivity contribution is 5.68. The van der Waals surface area contributed by atoms with Crippen LogP contribution in [0.25, 0.3) is 0 Å². The molecule has 1 aliphatic carbocycles. The third-order valence-electron chi connectivity index (χ3n) is 3.72. The predicted molar refractivity (Wildman–Crippen MR) is 74.7 cm³/mol. The molecule has 0 radical (unpaired) electrons. The summed E-state index contributed by atoms with van der Waals surface area (Å²) in [5, 5.41) is 14.5. The van der Waals surface area contributed by atoms with Crippen LogP contribution in [0.1, 0.15) is 33.1 Å². The minimum absolute atomic E-state index is 0.0375. The maximum atomic E-state index is 11.2. The zero-order valence-corrected chi connectivity index (χ0v) is 11.4. The van der Waals surface area contributed by atoms with Crippen LogP contribution in [0, 0.1) is 16.0 Å². The van der Waals surface area contributed by atoms with Crippen molar-refractivity contribution in [3.05, 3.63) is 28.3 Å². The Hall–Kier alpha value is -1.78. The van der Waals surface area contributed by atoms with E-state index in [1.54, 1.807) is 18.2 Å². The van der Waals surface area contributed by atoms with Gasteiger partial charge in [0, 0.05) is 6.04 Å². The summed E-state index contributed by atoms with van der Waals surface area (Å²) >= 11 is 0. The number of para-hydroxylation sites is 1. The lowest BCUT2D eigenvalue weighted by atomic mass is 9.80. The monoisotopic (exact) mass is 264 g/mol. The number of nitro benzene ring substituents is 1. The van der Waals surface area contributed by atoms with Crippen LogP contribution in [0.15, 0.2) is 18.2 Å². The summed E-state index contributed by atoms with van der Waals surface area (Å²) < 4.78 is 5.34. The SMILES string of the molecule is CCOc1cccc(NC(C)C2CCC2)c1[N+](=O)[O-]. The predicted octanol–water partition coefficient (Wildman–Crippen LogP) is 3.59. The largest absolute Gasteiger partial charge is 0.487 e. The van der Waals surface area contributed by atoms with E-state index in [-0.39, 0.29) is 16.7 Å². The molecule has 0 amide bonds. The van der Waals surface area contributed by atoms with E-state index in [0.717, 1.165) is 0 Å². The van der Waals surface area contributed by atoms with E-state index in [2.05, 4.69) is 12.2 Å². The Balaban J connectivity index is 2.22. The summed E-state index contributed by atoms with van der Waals surface area (Å²) in [7, 11) is 0. The van der Waals surface area contributed by atoms with Gasteiger partial charge in [0.15, 0.2) is 5.75 Å². The van der Waals surface area contributed by atoms with Gasteiger partial charge in [0.05, 0.1) is 11.5 Å². The van der Waals surface area contributed by atoms with E-state index in [0.29, 0.717) is 24.0 Å². The van der Waals surface area contributed by atoms with Crippen LogP contribution in [0.5, 0.6) is 5.75 Å². The van der Waals surface area contributed by atoms with Crippen LogP contribution in [0.3, 0.4) is 0 Å². The fourth-order valence-electron chi connectivity index (χ4n) is 2.40. The van der Waals surface area contributed by atoms with Crippen LogP contribution in [0.4, 0.5) is 11.4 Å². The summed E-state index contributed by atoms with van der Waals surface area (Å²) in [4.78, 5) is 10.9. The number of nitro groups is 1. The van der Waals surface area contributed by atoms with Crippen molar-refractivity contribution in [3.8, 4) is 5.75 Å². The molecule has 5 heteroatoms. The summed E-state index contributed by atoms with van der Waals surface area (Å²) in [5.74, 6) is 0.952. The summed E-state index contributed by atoms with van der Waals surface area (Å²) in [6, 6.07) is 5.43. The molecule has 0 heterocycles. The first-order chi connectivity index (χ1) is 9.13. The van der Waals surface area contributed by atoms with Gasteiger partial charge >= 0.3 is 5.69 Å². The molecular weight excluding hydrogens is 244 g/mol. The van der Waals surface area contributed by atoms with E-state index in [1.807, 2.05) is 6.92 Å². The molecule has 19 heavy (non-hydrogen) atoms. The molecule has 1 aliphatic rings. The number of hydrogen-bond acceptors (Lipinski definition) is 4. The number of nitrogens with zero attached hydrogens (tertiary/aromatic N) is 1. The molecule has 1 atom stereocenters. The lowest BCUT2D eigenvalue weighted by Crippen LogP contribution is -2.31. The van der Waals surface area contributed by atoms with Gasteiger partial charge in [0.2, 0.25) is 0 Å². The molecule has 5 nitrogen and oxygen atoms in total. The first kappa shape index (κ1) is 13.6. The van der Waals surface area contributed by atoms with Crippen molar-refractivity contribution in [1.82, 2.24) is 0 Å². The second-order valence-electron chi connectivity index (χ2n) is 4.97. The highest BCUT2D eigenvalue weighted by Crippen LogP contribution is 2.37. The van der Waals surface area contributed by atoms with Gasteiger partial charge < -0.3 is 10.1 Å². The zero-order valence-electron chi connectivity index (χ0n) is 11.4. The number of hydrogen-bond donors (Lipinski definition) is 1. The Kier molecular flexibility index (Phi) is 4.24. The van der Waals surface area contributed by atoms with Crippen molar-refractivity contribution < 1.29 is 9.66 Å². The highest BCUT2D eigenvalue weighted by Gasteiger charge is 2.27. The zero-order chi connectivity index (χ0) is 13.8. The van der Waals surface area contributed by atoms with Crippen LogP contribution >= 0.6 is 0 Å². The maximum Gasteiger partial charge on any atom is 0.333 e. The van der Waals surface area contributed by atoms with Gasteiger partial charge in [-0.15, -0.1) is 0 Å². The molecule has 0 aliphatic heterocycles. The van der Waals surface area contributed by atoms with E-state index in [1.165, 1.54) is 19.3 Å². The third-order valence-corrected chi connectivity index (χ3v) is 3.72. The average molecular weight is 264 g/mol. The van der Waals surface area contributed by atoms with Crippen molar-refractivity contribution in [2.75, 3.05) is 11.9 Å². The number of nitrogens with one attached hydrogen (secondary N) is 1.